The molecule has 3 rings (SSSR count). The molecule has 1 aliphatic rings. The summed E-state index contributed by atoms with van der Waals surface area (Å²) < 4.78 is 43.1. The largest absolute Gasteiger partial charge is 0.439 e. The molecular weight excluding hydrogens is 359 g/mol. The van der Waals surface area contributed by atoms with Crippen LogP contribution in [-0.4, -0.2) is 23.5 Å². The number of rotatable bonds is 4. The van der Waals surface area contributed by atoms with E-state index < -0.39 is 11.7 Å². The number of pyridine rings is 1. The smallest absolute Gasteiger partial charge is 0.416 e. The van der Waals surface area contributed by atoms with Crippen LogP contribution in [0.15, 0.2) is 42.6 Å². The molecule has 0 radical (unpaired) electrons. The van der Waals surface area contributed by atoms with Crippen LogP contribution in [0.3, 0.4) is 0 Å². The number of carbonyl (C=O) groups is 1. The van der Waals surface area contributed by atoms with Gasteiger partial charge < -0.3 is 15.4 Å². The molecule has 1 fully saturated rings. The number of carbonyl (C=O) groups excluding carboxylic acids is 1. The van der Waals surface area contributed by atoms with E-state index in [4.69, 9.17) is 4.74 Å². The van der Waals surface area contributed by atoms with E-state index >= 15 is 0 Å². The number of halogens is 3. The van der Waals surface area contributed by atoms with Crippen LogP contribution in [0.5, 0.6) is 11.6 Å². The van der Waals surface area contributed by atoms with Gasteiger partial charge >= 0.3 is 6.18 Å². The first kappa shape index (κ1) is 19.2. The fourth-order valence-corrected chi connectivity index (χ4v) is 2.96. The van der Waals surface area contributed by atoms with Crippen LogP contribution in [0.2, 0.25) is 0 Å². The van der Waals surface area contributed by atoms with Gasteiger partial charge in [0.2, 0.25) is 11.8 Å². The molecule has 0 unspecified atom stereocenters. The average Bonchev–Trinajstić information content (AvgIpc) is 2.63. The second-order valence-electron chi connectivity index (χ2n) is 6.58. The van der Waals surface area contributed by atoms with Crippen LogP contribution in [0.1, 0.15) is 25.3 Å². The zero-order valence-electron chi connectivity index (χ0n) is 14.7. The Labute approximate surface area is 154 Å². The molecule has 1 aliphatic heterocycles. The zero-order chi connectivity index (χ0) is 19.4. The number of nitrogens with one attached hydrogen (secondary N) is 2. The number of piperidine rings is 1. The minimum absolute atomic E-state index is 0.0377. The number of benzene rings is 1. The molecular formula is C19H20F3N3O2. The Morgan fingerprint density at radius 3 is 2.56 bits per heavy atom. The van der Waals surface area contributed by atoms with Gasteiger partial charge in [-0.15, -0.1) is 0 Å². The molecule has 1 saturated heterocycles. The van der Waals surface area contributed by atoms with Gasteiger partial charge in [0.25, 0.3) is 0 Å². The average molecular weight is 379 g/mol. The second-order valence-corrected chi connectivity index (χ2v) is 6.58. The minimum Gasteiger partial charge on any atom is -0.439 e. The lowest BCUT2D eigenvalue weighted by Gasteiger charge is -2.27. The molecule has 5 nitrogen and oxygen atoms in total. The summed E-state index contributed by atoms with van der Waals surface area (Å²) in [4.78, 5) is 16.4. The van der Waals surface area contributed by atoms with Crippen LogP contribution in [0.4, 0.5) is 18.9 Å². The van der Waals surface area contributed by atoms with Crippen LogP contribution in [0.25, 0.3) is 0 Å². The Morgan fingerprint density at radius 2 is 1.96 bits per heavy atom. The highest BCUT2D eigenvalue weighted by atomic mass is 19.4. The third-order valence-electron chi connectivity index (χ3n) is 4.40. The molecule has 1 amide bonds. The van der Waals surface area contributed by atoms with Crippen molar-refractivity contribution in [2.24, 2.45) is 5.92 Å². The third-order valence-corrected chi connectivity index (χ3v) is 4.40. The van der Waals surface area contributed by atoms with Crippen LogP contribution in [0, 0.1) is 5.92 Å². The van der Waals surface area contributed by atoms with Crippen molar-refractivity contribution in [1.29, 1.82) is 0 Å². The number of anilines is 1. The van der Waals surface area contributed by atoms with Crippen molar-refractivity contribution in [2.75, 3.05) is 11.9 Å². The SMILES string of the molecule is C[C@H]1C[C@@H](C(=O)Nc2ccc(Oc3ccc(C(F)(F)F)cc3)nc2)CCN1. The highest BCUT2D eigenvalue weighted by Gasteiger charge is 2.30. The van der Waals surface area contributed by atoms with Gasteiger partial charge in [-0.3, -0.25) is 4.79 Å². The molecule has 2 N–H and O–H groups in total. The Bertz CT molecular complexity index is 776. The van der Waals surface area contributed by atoms with E-state index in [2.05, 4.69) is 15.6 Å². The first-order valence-electron chi connectivity index (χ1n) is 8.66. The Kier molecular flexibility index (Phi) is 5.65. The maximum Gasteiger partial charge on any atom is 0.416 e. The highest BCUT2D eigenvalue weighted by molar-refractivity contribution is 5.92. The Hall–Kier alpha value is -2.61. The van der Waals surface area contributed by atoms with E-state index in [1.165, 1.54) is 18.3 Å². The lowest BCUT2D eigenvalue weighted by molar-refractivity contribution is -0.137. The molecule has 2 heterocycles. The summed E-state index contributed by atoms with van der Waals surface area (Å²) in [7, 11) is 0. The molecule has 144 valence electrons. The molecule has 8 heteroatoms. The number of ether oxygens (including phenoxy) is 1. The van der Waals surface area contributed by atoms with Crippen molar-refractivity contribution in [2.45, 2.75) is 32.0 Å². The number of alkyl halides is 3. The predicted molar refractivity (Wildman–Crippen MR) is 94.6 cm³/mol. The Morgan fingerprint density at radius 1 is 1.22 bits per heavy atom. The monoisotopic (exact) mass is 379 g/mol. The number of nitrogens with zero attached hydrogens (tertiary/aromatic N) is 1. The van der Waals surface area contributed by atoms with Gasteiger partial charge in [0.1, 0.15) is 5.75 Å². The normalized spacial score (nSPS) is 20.1. The molecule has 0 spiro atoms. The molecule has 2 atom stereocenters. The molecule has 27 heavy (non-hydrogen) atoms. The summed E-state index contributed by atoms with van der Waals surface area (Å²) in [6.07, 6.45) is -1.35. The van der Waals surface area contributed by atoms with Crippen molar-refractivity contribution >= 4 is 11.6 Å². The van der Waals surface area contributed by atoms with Crippen molar-refractivity contribution in [3.05, 3.63) is 48.2 Å². The van der Waals surface area contributed by atoms with Crippen molar-refractivity contribution in [1.82, 2.24) is 10.3 Å². The summed E-state index contributed by atoms with van der Waals surface area (Å²) in [6, 6.07) is 7.88. The number of aromatic nitrogens is 1. The minimum atomic E-state index is -4.39. The topological polar surface area (TPSA) is 63.2 Å². The molecule has 2 aromatic rings. The molecule has 0 bridgehead atoms. The van der Waals surface area contributed by atoms with E-state index in [1.807, 2.05) is 6.92 Å². The maximum absolute atomic E-state index is 12.6. The fourth-order valence-electron chi connectivity index (χ4n) is 2.96. The van der Waals surface area contributed by atoms with Gasteiger partial charge in [0.15, 0.2) is 0 Å². The first-order chi connectivity index (χ1) is 12.8. The lowest BCUT2D eigenvalue weighted by atomic mass is 9.92. The van der Waals surface area contributed by atoms with E-state index in [1.54, 1.807) is 12.1 Å². The second kappa shape index (κ2) is 7.96. The number of hydrogen-bond donors (Lipinski definition) is 2. The molecule has 1 aromatic heterocycles. The van der Waals surface area contributed by atoms with Gasteiger partial charge in [-0.2, -0.15) is 13.2 Å². The summed E-state index contributed by atoms with van der Waals surface area (Å²) >= 11 is 0. The number of amides is 1. The van der Waals surface area contributed by atoms with Gasteiger partial charge in [-0.25, -0.2) is 4.98 Å². The van der Waals surface area contributed by atoms with Crippen molar-refractivity contribution in [3.8, 4) is 11.6 Å². The van der Waals surface area contributed by atoms with Crippen LogP contribution in [-0.2, 0) is 11.0 Å². The van der Waals surface area contributed by atoms with Gasteiger partial charge in [0.05, 0.1) is 17.4 Å². The van der Waals surface area contributed by atoms with E-state index in [0.717, 1.165) is 31.5 Å². The van der Waals surface area contributed by atoms with Gasteiger partial charge in [-0.1, -0.05) is 0 Å². The van der Waals surface area contributed by atoms with Crippen molar-refractivity contribution in [3.63, 3.8) is 0 Å². The quantitative estimate of drug-likeness (QED) is 0.835. The van der Waals surface area contributed by atoms with Gasteiger partial charge in [0, 0.05) is 18.0 Å². The Balaban J connectivity index is 1.58. The standard InChI is InChI=1S/C19H20F3N3O2/c1-12-10-13(8-9-23-12)18(26)25-15-4-7-17(24-11-15)27-16-5-2-14(3-6-16)19(20,21)22/h2-7,11-13,23H,8-10H2,1H3,(H,25,26)/t12-,13-/m0/s1. The predicted octanol–water partition coefficient (Wildman–Crippen LogP) is 4.22. The molecule has 0 saturated carbocycles. The number of hydrogen-bond acceptors (Lipinski definition) is 4. The van der Waals surface area contributed by atoms with Gasteiger partial charge in [-0.05, 0) is 56.6 Å². The van der Waals surface area contributed by atoms with Crippen molar-refractivity contribution < 1.29 is 22.7 Å². The van der Waals surface area contributed by atoms with E-state index in [-0.39, 0.29) is 23.5 Å². The lowest BCUT2D eigenvalue weighted by Crippen LogP contribution is -2.40. The first-order valence-corrected chi connectivity index (χ1v) is 8.66. The summed E-state index contributed by atoms with van der Waals surface area (Å²) in [5.74, 6) is 0.394. The zero-order valence-corrected chi connectivity index (χ0v) is 14.7. The fraction of sp³-hybridized carbons (Fsp3) is 0.368. The summed E-state index contributed by atoms with van der Waals surface area (Å²) in [6.45, 7) is 2.87. The highest BCUT2D eigenvalue weighted by Crippen LogP contribution is 2.31. The third kappa shape index (κ3) is 5.19. The van der Waals surface area contributed by atoms with E-state index in [0.29, 0.717) is 11.7 Å². The van der Waals surface area contributed by atoms with Crippen LogP contribution >= 0.6 is 0 Å². The van der Waals surface area contributed by atoms with E-state index in [9.17, 15) is 18.0 Å². The maximum atomic E-state index is 12.6. The summed E-state index contributed by atoms with van der Waals surface area (Å²) in [5, 5.41) is 6.14. The molecule has 0 aliphatic carbocycles. The van der Waals surface area contributed by atoms with Crippen LogP contribution < -0.4 is 15.4 Å². The molecule has 1 aromatic carbocycles. The summed E-state index contributed by atoms with van der Waals surface area (Å²) in [5.41, 5.74) is -0.195.